The lowest BCUT2D eigenvalue weighted by Gasteiger charge is -2.07. The predicted octanol–water partition coefficient (Wildman–Crippen LogP) is 3.41. The number of hydrogen-bond donors (Lipinski definition) is 0. The average molecular weight is 413 g/mol. The Balaban J connectivity index is 1.93. The molecular formula is C20H19N3O5S. The molecular weight excluding hydrogens is 394 g/mol. The van der Waals surface area contributed by atoms with E-state index < -0.39 is 10.8 Å². The number of carbonyl (C=O) groups excluding carboxylic acids is 1. The van der Waals surface area contributed by atoms with Crippen molar-refractivity contribution in [3.8, 4) is 5.75 Å². The number of carbonyl (C=O) groups is 1. The molecule has 0 fully saturated rings. The number of non-ortho nitro benzene ring substituents is 1. The molecule has 0 spiro atoms. The number of nitro benzene ring substituents is 1. The summed E-state index contributed by atoms with van der Waals surface area (Å²) in [4.78, 5) is 27.4. The number of amides is 1. The molecule has 0 aliphatic rings. The fourth-order valence-corrected chi connectivity index (χ4v) is 3.82. The second-order valence-electron chi connectivity index (χ2n) is 5.97. The van der Waals surface area contributed by atoms with Crippen molar-refractivity contribution < 1.29 is 19.2 Å². The lowest BCUT2D eigenvalue weighted by Crippen LogP contribution is -2.19. The second-order valence-corrected chi connectivity index (χ2v) is 6.98. The number of hydrogen-bond acceptors (Lipinski definition) is 6. The van der Waals surface area contributed by atoms with Crippen LogP contribution in [0, 0.1) is 10.1 Å². The maximum Gasteiger partial charge on any atom is 0.272 e. The molecule has 3 aromatic rings. The highest BCUT2D eigenvalue weighted by Gasteiger charge is 2.11. The summed E-state index contributed by atoms with van der Waals surface area (Å²) in [6.07, 6.45) is 2.91. The van der Waals surface area contributed by atoms with Crippen LogP contribution in [0.15, 0.2) is 53.5 Å². The van der Waals surface area contributed by atoms with Gasteiger partial charge in [-0.25, -0.2) is 0 Å². The molecule has 1 heterocycles. The fraction of sp³-hybridized carbons (Fsp3) is 0.200. The first-order valence-corrected chi connectivity index (χ1v) is 9.51. The predicted molar refractivity (Wildman–Crippen MR) is 111 cm³/mol. The molecule has 0 aliphatic heterocycles. The Morgan fingerprint density at radius 3 is 2.66 bits per heavy atom. The van der Waals surface area contributed by atoms with Crippen LogP contribution in [0.25, 0.3) is 16.3 Å². The number of nitrogens with zero attached hydrogens (tertiary/aromatic N) is 3. The Hall–Kier alpha value is -3.30. The van der Waals surface area contributed by atoms with Gasteiger partial charge in [0, 0.05) is 31.9 Å². The Bertz CT molecular complexity index is 1130. The zero-order valence-electron chi connectivity index (χ0n) is 15.9. The summed E-state index contributed by atoms with van der Waals surface area (Å²) >= 11 is 1.39. The quantitative estimate of drug-likeness (QED) is 0.336. The zero-order chi connectivity index (χ0) is 20.8. The molecule has 3 rings (SSSR count). The van der Waals surface area contributed by atoms with E-state index >= 15 is 0 Å². The minimum Gasteiger partial charge on any atom is -0.495 e. The van der Waals surface area contributed by atoms with Gasteiger partial charge in [0.2, 0.25) is 0 Å². The first-order chi connectivity index (χ1) is 14.0. The third-order valence-electron chi connectivity index (χ3n) is 4.13. The van der Waals surface area contributed by atoms with E-state index in [-0.39, 0.29) is 5.69 Å². The molecule has 8 nitrogen and oxygen atoms in total. The molecule has 1 aromatic heterocycles. The van der Waals surface area contributed by atoms with E-state index in [9.17, 15) is 14.9 Å². The van der Waals surface area contributed by atoms with Crippen molar-refractivity contribution in [3.63, 3.8) is 0 Å². The highest BCUT2D eigenvalue weighted by atomic mass is 32.1. The zero-order valence-corrected chi connectivity index (χ0v) is 16.7. The van der Waals surface area contributed by atoms with Gasteiger partial charge in [0.1, 0.15) is 11.3 Å². The first kappa shape index (κ1) is 20.4. The maximum absolute atomic E-state index is 12.4. The van der Waals surface area contributed by atoms with Crippen LogP contribution in [0.2, 0.25) is 0 Å². The lowest BCUT2D eigenvalue weighted by atomic mass is 10.2. The van der Waals surface area contributed by atoms with Gasteiger partial charge in [-0.3, -0.25) is 14.9 Å². The Labute approximate surface area is 170 Å². The highest BCUT2D eigenvalue weighted by molar-refractivity contribution is 7.16. The van der Waals surface area contributed by atoms with Crippen molar-refractivity contribution in [2.75, 3.05) is 20.8 Å². The van der Waals surface area contributed by atoms with E-state index in [1.807, 2.05) is 22.8 Å². The monoisotopic (exact) mass is 413 g/mol. The molecule has 1 amide bonds. The number of benzene rings is 2. The van der Waals surface area contributed by atoms with Gasteiger partial charge in [0.05, 0.1) is 23.3 Å². The summed E-state index contributed by atoms with van der Waals surface area (Å²) in [6, 6.07) is 11.6. The number of ether oxygens (including phenoxy) is 2. The fourth-order valence-electron chi connectivity index (χ4n) is 2.74. The smallest absolute Gasteiger partial charge is 0.272 e. The molecule has 0 radical (unpaired) electrons. The van der Waals surface area contributed by atoms with Gasteiger partial charge in [-0.1, -0.05) is 17.4 Å². The molecule has 0 aliphatic carbocycles. The van der Waals surface area contributed by atoms with Gasteiger partial charge in [-0.05, 0) is 35.9 Å². The van der Waals surface area contributed by atoms with Gasteiger partial charge >= 0.3 is 0 Å². The van der Waals surface area contributed by atoms with Crippen LogP contribution in [0.3, 0.4) is 0 Å². The number of fused-ring (bicyclic) bond motifs is 1. The summed E-state index contributed by atoms with van der Waals surface area (Å²) in [5.74, 6) is 0.269. The van der Waals surface area contributed by atoms with Crippen LogP contribution in [-0.4, -0.2) is 36.2 Å². The number of methoxy groups -OCH3 is 2. The lowest BCUT2D eigenvalue weighted by molar-refractivity contribution is -0.384. The number of aromatic nitrogens is 1. The van der Waals surface area contributed by atoms with Crippen molar-refractivity contribution in [2.45, 2.75) is 6.54 Å². The number of rotatable bonds is 7. The molecule has 0 bridgehead atoms. The summed E-state index contributed by atoms with van der Waals surface area (Å²) in [5.41, 5.74) is 1.53. The number of nitro groups is 1. The van der Waals surface area contributed by atoms with E-state index in [2.05, 4.69) is 4.99 Å². The average Bonchev–Trinajstić information content (AvgIpc) is 3.07. The molecule has 2 aromatic carbocycles. The minimum atomic E-state index is -0.470. The van der Waals surface area contributed by atoms with Gasteiger partial charge in [0.25, 0.3) is 11.6 Å². The number of para-hydroxylation sites is 1. The molecule has 0 saturated heterocycles. The Morgan fingerprint density at radius 1 is 1.24 bits per heavy atom. The van der Waals surface area contributed by atoms with Crippen LogP contribution in [0.1, 0.15) is 5.56 Å². The first-order valence-electron chi connectivity index (χ1n) is 8.70. The van der Waals surface area contributed by atoms with Crippen molar-refractivity contribution in [2.24, 2.45) is 4.99 Å². The SMILES string of the molecule is COCCn1c(=NC(=O)/C=C\c2ccc([N+](=O)[O-])cc2)sc2cccc(OC)c21. The molecule has 9 heteroatoms. The largest absolute Gasteiger partial charge is 0.495 e. The maximum atomic E-state index is 12.4. The topological polar surface area (TPSA) is 96.0 Å². The molecule has 29 heavy (non-hydrogen) atoms. The van der Waals surface area contributed by atoms with E-state index in [4.69, 9.17) is 9.47 Å². The van der Waals surface area contributed by atoms with Gasteiger partial charge in [-0.2, -0.15) is 4.99 Å². The normalized spacial score (nSPS) is 12.0. The van der Waals surface area contributed by atoms with Crippen LogP contribution < -0.4 is 9.54 Å². The summed E-state index contributed by atoms with van der Waals surface area (Å²) in [7, 11) is 3.21. The van der Waals surface area contributed by atoms with E-state index in [1.54, 1.807) is 32.4 Å². The molecule has 0 N–H and O–H groups in total. The molecule has 0 saturated carbocycles. The van der Waals surface area contributed by atoms with Crippen molar-refractivity contribution >= 4 is 39.2 Å². The van der Waals surface area contributed by atoms with Crippen LogP contribution in [0.5, 0.6) is 5.75 Å². The molecule has 0 atom stereocenters. The van der Waals surface area contributed by atoms with Crippen LogP contribution >= 0.6 is 11.3 Å². The van der Waals surface area contributed by atoms with Gasteiger partial charge < -0.3 is 14.0 Å². The summed E-state index contributed by atoms with van der Waals surface area (Å²) < 4.78 is 13.5. The standard InChI is InChI=1S/C20H19N3O5S/c1-27-13-12-22-19-16(28-2)4-3-5-17(19)29-20(22)21-18(24)11-8-14-6-9-15(10-7-14)23(25)26/h3-11H,12-13H2,1-2H3/b11-8-,21-20?. The molecule has 0 unspecified atom stereocenters. The van der Waals surface area contributed by atoms with Crippen molar-refractivity contribution in [1.82, 2.24) is 4.57 Å². The summed E-state index contributed by atoms with van der Waals surface area (Å²) in [6.45, 7) is 0.985. The van der Waals surface area contributed by atoms with Gasteiger partial charge in [-0.15, -0.1) is 0 Å². The molecule has 150 valence electrons. The van der Waals surface area contributed by atoms with Crippen molar-refractivity contribution in [3.05, 3.63) is 69.0 Å². The third-order valence-corrected chi connectivity index (χ3v) is 5.17. The second kappa shape index (κ2) is 9.26. The Morgan fingerprint density at radius 2 is 2.00 bits per heavy atom. The van der Waals surface area contributed by atoms with Crippen molar-refractivity contribution in [1.29, 1.82) is 0 Å². The third kappa shape index (κ3) is 4.76. The minimum absolute atomic E-state index is 0.00317. The van der Waals surface area contributed by atoms with E-state index in [0.717, 1.165) is 10.2 Å². The van der Waals surface area contributed by atoms with Crippen LogP contribution in [-0.2, 0) is 16.1 Å². The Kier molecular flexibility index (Phi) is 6.53. The summed E-state index contributed by atoms with van der Waals surface area (Å²) in [5, 5.41) is 10.7. The van der Waals surface area contributed by atoms with E-state index in [1.165, 1.54) is 29.5 Å². The highest BCUT2D eigenvalue weighted by Crippen LogP contribution is 2.27. The van der Waals surface area contributed by atoms with Gasteiger partial charge in [0.15, 0.2) is 4.80 Å². The number of thiazole rings is 1. The van der Waals surface area contributed by atoms with E-state index in [0.29, 0.717) is 29.3 Å². The van der Waals surface area contributed by atoms with Crippen LogP contribution in [0.4, 0.5) is 5.69 Å².